The summed E-state index contributed by atoms with van der Waals surface area (Å²) in [5.74, 6) is -0.438. The number of benzene rings is 1. The highest BCUT2D eigenvalue weighted by molar-refractivity contribution is 6.35. The fraction of sp³-hybridized carbons (Fsp3) is 0.200. The van der Waals surface area contributed by atoms with Gasteiger partial charge in [0, 0.05) is 10.6 Å². The fourth-order valence-corrected chi connectivity index (χ4v) is 2.70. The molecule has 1 aromatic heterocycles. The van der Waals surface area contributed by atoms with Crippen molar-refractivity contribution in [2.45, 2.75) is 13.8 Å². The van der Waals surface area contributed by atoms with Gasteiger partial charge in [-0.3, -0.25) is 4.57 Å². The SMILES string of the molecule is CCOC(=O)c1c(C)c(C#N)c(N)n1-c1ccc(Cl)cc1Cl. The number of rotatable bonds is 3. The highest BCUT2D eigenvalue weighted by Crippen LogP contribution is 2.33. The summed E-state index contributed by atoms with van der Waals surface area (Å²) in [5.41, 5.74) is 7.33. The lowest BCUT2D eigenvalue weighted by molar-refractivity contribution is 0.0516. The van der Waals surface area contributed by atoms with Crippen molar-refractivity contribution in [1.82, 2.24) is 4.57 Å². The van der Waals surface area contributed by atoms with Gasteiger partial charge in [-0.2, -0.15) is 5.26 Å². The van der Waals surface area contributed by atoms with E-state index in [1.807, 2.05) is 6.07 Å². The minimum absolute atomic E-state index is 0.132. The van der Waals surface area contributed by atoms with Gasteiger partial charge in [-0.1, -0.05) is 23.2 Å². The van der Waals surface area contributed by atoms with Crippen LogP contribution in [-0.4, -0.2) is 17.1 Å². The summed E-state index contributed by atoms with van der Waals surface area (Å²) in [7, 11) is 0. The molecular weight excluding hydrogens is 325 g/mol. The van der Waals surface area contributed by atoms with Crippen LogP contribution in [0.4, 0.5) is 5.82 Å². The molecule has 0 atom stereocenters. The zero-order valence-electron chi connectivity index (χ0n) is 12.0. The molecule has 0 aliphatic heterocycles. The maximum Gasteiger partial charge on any atom is 0.355 e. The Morgan fingerprint density at radius 3 is 2.68 bits per heavy atom. The van der Waals surface area contributed by atoms with Crippen molar-refractivity contribution in [3.63, 3.8) is 0 Å². The molecule has 0 spiro atoms. The summed E-state index contributed by atoms with van der Waals surface area (Å²) in [5, 5.41) is 10.0. The number of aromatic nitrogens is 1. The van der Waals surface area contributed by atoms with Gasteiger partial charge < -0.3 is 10.5 Å². The van der Waals surface area contributed by atoms with E-state index in [0.29, 0.717) is 21.3 Å². The molecule has 0 unspecified atom stereocenters. The van der Waals surface area contributed by atoms with E-state index in [1.54, 1.807) is 26.0 Å². The average molecular weight is 338 g/mol. The number of nitriles is 1. The number of nitrogen functional groups attached to an aromatic ring is 1. The van der Waals surface area contributed by atoms with E-state index < -0.39 is 5.97 Å². The number of hydrogen-bond donors (Lipinski definition) is 1. The van der Waals surface area contributed by atoms with E-state index in [9.17, 15) is 10.1 Å². The molecule has 2 N–H and O–H groups in total. The molecule has 114 valence electrons. The first kappa shape index (κ1) is 16.2. The van der Waals surface area contributed by atoms with E-state index in [1.165, 1.54) is 10.6 Å². The van der Waals surface area contributed by atoms with Crippen molar-refractivity contribution in [1.29, 1.82) is 5.26 Å². The number of halogens is 2. The van der Waals surface area contributed by atoms with Gasteiger partial charge in [0.05, 0.1) is 22.9 Å². The highest BCUT2D eigenvalue weighted by Gasteiger charge is 2.26. The standard InChI is InChI=1S/C15H13Cl2N3O2/c1-3-22-15(21)13-8(2)10(7-18)14(19)20(13)12-5-4-9(16)6-11(12)17/h4-6H,3,19H2,1-2H3. The van der Waals surface area contributed by atoms with E-state index >= 15 is 0 Å². The summed E-state index contributed by atoms with van der Waals surface area (Å²) in [6, 6.07) is 6.79. The van der Waals surface area contributed by atoms with Gasteiger partial charge in [-0.15, -0.1) is 0 Å². The molecule has 0 saturated carbocycles. The van der Waals surface area contributed by atoms with E-state index in [2.05, 4.69) is 0 Å². The van der Waals surface area contributed by atoms with Crippen LogP contribution >= 0.6 is 23.2 Å². The Bertz CT molecular complexity index is 791. The minimum Gasteiger partial charge on any atom is -0.461 e. The summed E-state index contributed by atoms with van der Waals surface area (Å²) in [6.45, 7) is 3.55. The number of carbonyl (C=O) groups excluding carboxylic acids is 1. The Labute approximate surface area is 137 Å². The number of ether oxygens (including phenoxy) is 1. The summed E-state index contributed by atoms with van der Waals surface area (Å²) in [4.78, 5) is 12.2. The number of carbonyl (C=O) groups is 1. The highest BCUT2D eigenvalue weighted by atomic mass is 35.5. The quantitative estimate of drug-likeness (QED) is 0.865. The Balaban J connectivity index is 2.79. The Kier molecular flexibility index (Phi) is 4.65. The molecule has 0 saturated heterocycles. The van der Waals surface area contributed by atoms with Crippen LogP contribution in [0.1, 0.15) is 28.5 Å². The predicted octanol–water partition coefficient (Wildman–Crippen LogP) is 3.72. The molecule has 5 nitrogen and oxygen atoms in total. The van der Waals surface area contributed by atoms with Crippen LogP contribution in [0, 0.1) is 18.3 Å². The first-order chi connectivity index (χ1) is 10.4. The fourth-order valence-electron chi connectivity index (χ4n) is 2.21. The molecule has 22 heavy (non-hydrogen) atoms. The number of esters is 1. The van der Waals surface area contributed by atoms with Gasteiger partial charge in [-0.05, 0) is 32.0 Å². The molecule has 0 amide bonds. The van der Waals surface area contributed by atoms with Crippen molar-refractivity contribution in [2.75, 3.05) is 12.3 Å². The normalized spacial score (nSPS) is 10.3. The van der Waals surface area contributed by atoms with Crippen molar-refractivity contribution < 1.29 is 9.53 Å². The molecule has 0 fully saturated rings. The zero-order chi connectivity index (χ0) is 16.4. The number of anilines is 1. The van der Waals surface area contributed by atoms with Crippen molar-refractivity contribution in [3.8, 4) is 11.8 Å². The van der Waals surface area contributed by atoms with Crippen LogP contribution in [0.5, 0.6) is 0 Å². The molecular formula is C15H13Cl2N3O2. The molecule has 0 aliphatic rings. The number of hydrogen-bond acceptors (Lipinski definition) is 4. The number of nitrogens with two attached hydrogens (primary N) is 1. The third-order valence-corrected chi connectivity index (χ3v) is 3.72. The monoisotopic (exact) mass is 337 g/mol. The first-order valence-electron chi connectivity index (χ1n) is 6.45. The van der Waals surface area contributed by atoms with Gasteiger partial charge in [-0.25, -0.2) is 4.79 Å². The molecule has 1 heterocycles. The summed E-state index contributed by atoms with van der Waals surface area (Å²) in [6.07, 6.45) is 0. The molecule has 0 bridgehead atoms. The van der Waals surface area contributed by atoms with Crippen LogP contribution in [0.15, 0.2) is 18.2 Å². The second kappa shape index (κ2) is 6.30. The van der Waals surface area contributed by atoms with Gasteiger partial charge in [0.2, 0.25) is 0 Å². The topological polar surface area (TPSA) is 81.0 Å². The summed E-state index contributed by atoms with van der Waals surface area (Å²) >= 11 is 12.1. The maximum atomic E-state index is 12.2. The number of nitrogens with zero attached hydrogens (tertiary/aromatic N) is 2. The van der Waals surface area contributed by atoms with Gasteiger partial charge >= 0.3 is 5.97 Å². The zero-order valence-corrected chi connectivity index (χ0v) is 13.5. The Morgan fingerprint density at radius 1 is 1.45 bits per heavy atom. The van der Waals surface area contributed by atoms with Crippen molar-refractivity contribution >= 4 is 35.0 Å². The molecule has 0 aliphatic carbocycles. The summed E-state index contributed by atoms with van der Waals surface area (Å²) < 4.78 is 6.47. The van der Waals surface area contributed by atoms with Crippen LogP contribution in [0.3, 0.4) is 0 Å². The third kappa shape index (κ3) is 2.63. The lowest BCUT2D eigenvalue weighted by Crippen LogP contribution is -2.14. The van der Waals surface area contributed by atoms with Crippen molar-refractivity contribution in [2.24, 2.45) is 0 Å². The smallest absolute Gasteiger partial charge is 0.355 e. The van der Waals surface area contributed by atoms with E-state index in [-0.39, 0.29) is 23.7 Å². The maximum absolute atomic E-state index is 12.2. The van der Waals surface area contributed by atoms with E-state index in [0.717, 1.165) is 0 Å². The van der Waals surface area contributed by atoms with Crippen molar-refractivity contribution in [3.05, 3.63) is 45.1 Å². The largest absolute Gasteiger partial charge is 0.461 e. The average Bonchev–Trinajstić information content (AvgIpc) is 2.70. The third-order valence-electron chi connectivity index (χ3n) is 3.18. The first-order valence-corrected chi connectivity index (χ1v) is 7.21. The molecule has 7 heteroatoms. The van der Waals surface area contributed by atoms with Crippen LogP contribution in [0.25, 0.3) is 5.69 Å². The van der Waals surface area contributed by atoms with E-state index in [4.69, 9.17) is 33.7 Å². The lowest BCUT2D eigenvalue weighted by Gasteiger charge is -2.13. The molecule has 1 aromatic carbocycles. The second-order valence-electron chi connectivity index (χ2n) is 4.50. The van der Waals surface area contributed by atoms with Crippen LogP contribution in [-0.2, 0) is 4.74 Å². The lowest BCUT2D eigenvalue weighted by atomic mass is 10.2. The second-order valence-corrected chi connectivity index (χ2v) is 5.34. The molecule has 0 radical (unpaired) electrons. The van der Waals surface area contributed by atoms with Gasteiger partial charge in [0.1, 0.15) is 17.6 Å². The van der Waals surface area contributed by atoms with Crippen LogP contribution in [0.2, 0.25) is 10.0 Å². The Morgan fingerprint density at radius 2 is 2.14 bits per heavy atom. The molecule has 2 rings (SSSR count). The molecule has 2 aromatic rings. The van der Waals surface area contributed by atoms with Gasteiger partial charge in [0.25, 0.3) is 0 Å². The minimum atomic E-state index is -0.570. The Hall–Kier alpha value is -2.16. The van der Waals surface area contributed by atoms with Crippen LogP contribution < -0.4 is 5.73 Å². The predicted molar refractivity (Wildman–Crippen MR) is 85.6 cm³/mol. The van der Waals surface area contributed by atoms with Gasteiger partial charge in [0.15, 0.2) is 0 Å².